The highest BCUT2D eigenvalue weighted by Crippen LogP contribution is 2.22. The summed E-state index contributed by atoms with van der Waals surface area (Å²) in [6.45, 7) is 0. The van der Waals surface area contributed by atoms with Crippen LogP contribution in [0.25, 0.3) is 0 Å². The molecule has 0 aromatic heterocycles. The van der Waals surface area contributed by atoms with Crippen molar-refractivity contribution < 1.29 is 0 Å². The van der Waals surface area contributed by atoms with E-state index in [0.29, 0.717) is 0 Å². The Morgan fingerprint density at radius 3 is 2.15 bits per heavy atom. The molecule has 0 aliphatic carbocycles. The van der Waals surface area contributed by atoms with Crippen LogP contribution in [0.2, 0.25) is 0 Å². The average Bonchev–Trinajstić information content (AvgIpc) is 2.47. The minimum absolute atomic E-state index is 0.354. The third-order valence-corrected chi connectivity index (χ3v) is 3.56. The Morgan fingerprint density at radius 1 is 1.05 bits per heavy atom. The van der Waals surface area contributed by atoms with Crippen molar-refractivity contribution in [2.75, 3.05) is 24.3 Å². The SMILES string of the molecule is CN(C)c1ccc(C(C#N)Nc2ccc(Br)cc2)cc1. The fraction of sp³-hybridized carbons (Fsp3) is 0.188. The highest BCUT2D eigenvalue weighted by molar-refractivity contribution is 9.10. The van der Waals surface area contributed by atoms with Gasteiger partial charge in [0.05, 0.1) is 6.07 Å². The molecule has 0 aliphatic rings. The number of nitrogens with one attached hydrogen (secondary N) is 1. The molecule has 0 spiro atoms. The normalized spacial score (nSPS) is 11.5. The highest BCUT2D eigenvalue weighted by atomic mass is 79.9. The molecule has 0 aliphatic heterocycles. The summed E-state index contributed by atoms with van der Waals surface area (Å²) in [4.78, 5) is 2.04. The average molecular weight is 330 g/mol. The lowest BCUT2D eigenvalue weighted by molar-refractivity contribution is 0.995. The maximum Gasteiger partial charge on any atom is 0.140 e. The van der Waals surface area contributed by atoms with E-state index in [4.69, 9.17) is 0 Å². The standard InChI is InChI=1S/C16H16BrN3/c1-20(2)15-9-3-12(4-10-15)16(11-18)19-14-7-5-13(17)6-8-14/h3-10,16,19H,1-2H3. The first-order chi connectivity index (χ1) is 9.60. The first-order valence-electron chi connectivity index (χ1n) is 6.29. The van der Waals surface area contributed by atoms with Crippen molar-refractivity contribution in [3.05, 3.63) is 58.6 Å². The molecule has 3 nitrogen and oxygen atoms in total. The van der Waals surface area contributed by atoms with Gasteiger partial charge in [0.1, 0.15) is 6.04 Å². The van der Waals surface area contributed by atoms with Gasteiger partial charge in [-0.3, -0.25) is 0 Å². The number of anilines is 2. The maximum absolute atomic E-state index is 9.34. The summed E-state index contributed by atoms with van der Waals surface area (Å²) in [7, 11) is 3.99. The van der Waals surface area contributed by atoms with E-state index >= 15 is 0 Å². The molecule has 0 saturated heterocycles. The molecule has 0 radical (unpaired) electrons. The number of benzene rings is 2. The maximum atomic E-state index is 9.34. The number of halogens is 1. The zero-order valence-corrected chi connectivity index (χ0v) is 13.1. The lowest BCUT2D eigenvalue weighted by atomic mass is 10.1. The van der Waals surface area contributed by atoms with Crippen LogP contribution < -0.4 is 10.2 Å². The number of nitriles is 1. The van der Waals surface area contributed by atoms with E-state index in [1.165, 1.54) is 0 Å². The predicted molar refractivity (Wildman–Crippen MR) is 86.9 cm³/mol. The number of hydrogen-bond acceptors (Lipinski definition) is 3. The van der Waals surface area contributed by atoms with Gasteiger partial charge < -0.3 is 10.2 Å². The Labute approximate surface area is 128 Å². The molecule has 1 unspecified atom stereocenters. The van der Waals surface area contributed by atoms with Crippen LogP contribution in [-0.2, 0) is 0 Å². The Morgan fingerprint density at radius 2 is 1.65 bits per heavy atom. The minimum Gasteiger partial charge on any atom is -0.378 e. The lowest BCUT2D eigenvalue weighted by Crippen LogP contribution is -2.10. The van der Waals surface area contributed by atoms with Gasteiger partial charge in [0.25, 0.3) is 0 Å². The van der Waals surface area contributed by atoms with Gasteiger partial charge in [0.2, 0.25) is 0 Å². The summed E-state index contributed by atoms with van der Waals surface area (Å²) in [5.74, 6) is 0. The smallest absolute Gasteiger partial charge is 0.140 e. The molecule has 0 heterocycles. The summed E-state index contributed by atoms with van der Waals surface area (Å²) in [6.07, 6.45) is 0. The van der Waals surface area contributed by atoms with Crippen molar-refractivity contribution in [1.82, 2.24) is 0 Å². The van der Waals surface area contributed by atoms with Crippen LogP contribution in [0.3, 0.4) is 0 Å². The summed E-state index contributed by atoms with van der Waals surface area (Å²) in [6, 6.07) is 17.7. The quantitative estimate of drug-likeness (QED) is 0.913. The van der Waals surface area contributed by atoms with Gasteiger partial charge in [-0.05, 0) is 42.0 Å². The van der Waals surface area contributed by atoms with Crippen LogP contribution in [0.4, 0.5) is 11.4 Å². The van der Waals surface area contributed by atoms with Crippen LogP contribution in [0.1, 0.15) is 11.6 Å². The largest absolute Gasteiger partial charge is 0.378 e. The van der Waals surface area contributed by atoms with Gasteiger partial charge in [0, 0.05) is 29.9 Å². The third-order valence-electron chi connectivity index (χ3n) is 3.03. The van der Waals surface area contributed by atoms with Gasteiger partial charge >= 0.3 is 0 Å². The first-order valence-corrected chi connectivity index (χ1v) is 7.08. The highest BCUT2D eigenvalue weighted by Gasteiger charge is 2.10. The van der Waals surface area contributed by atoms with Crippen molar-refractivity contribution in [1.29, 1.82) is 5.26 Å². The summed E-state index contributed by atoms with van der Waals surface area (Å²) in [5, 5.41) is 12.6. The van der Waals surface area contributed by atoms with Crippen LogP contribution in [0.5, 0.6) is 0 Å². The summed E-state index contributed by atoms with van der Waals surface area (Å²) >= 11 is 3.40. The molecule has 0 bridgehead atoms. The van der Waals surface area contributed by atoms with Gasteiger partial charge in [0.15, 0.2) is 0 Å². The second-order valence-corrected chi connectivity index (χ2v) is 5.61. The fourth-order valence-electron chi connectivity index (χ4n) is 1.87. The van der Waals surface area contributed by atoms with E-state index < -0.39 is 0 Å². The van der Waals surface area contributed by atoms with E-state index in [2.05, 4.69) is 27.3 Å². The van der Waals surface area contributed by atoms with Crippen LogP contribution >= 0.6 is 15.9 Å². The van der Waals surface area contributed by atoms with Crippen molar-refractivity contribution in [2.45, 2.75) is 6.04 Å². The molecular weight excluding hydrogens is 314 g/mol. The first kappa shape index (κ1) is 14.4. The van der Waals surface area contributed by atoms with E-state index in [1.807, 2.05) is 67.5 Å². The minimum atomic E-state index is -0.354. The molecule has 0 saturated carbocycles. The Bertz CT molecular complexity index is 597. The fourth-order valence-corrected chi connectivity index (χ4v) is 2.13. The molecular formula is C16H16BrN3. The van der Waals surface area contributed by atoms with Crippen LogP contribution in [0.15, 0.2) is 53.0 Å². The van der Waals surface area contributed by atoms with Crippen molar-refractivity contribution in [3.8, 4) is 6.07 Å². The molecule has 2 aromatic carbocycles. The zero-order valence-electron chi connectivity index (χ0n) is 11.5. The van der Waals surface area contributed by atoms with E-state index in [-0.39, 0.29) is 6.04 Å². The third kappa shape index (κ3) is 3.52. The van der Waals surface area contributed by atoms with Crippen molar-refractivity contribution >= 4 is 27.3 Å². The summed E-state index contributed by atoms with van der Waals surface area (Å²) < 4.78 is 1.02. The Balaban J connectivity index is 2.16. The summed E-state index contributed by atoms with van der Waals surface area (Å²) in [5.41, 5.74) is 3.01. The molecule has 0 amide bonds. The second-order valence-electron chi connectivity index (χ2n) is 4.70. The second kappa shape index (κ2) is 6.44. The number of hydrogen-bond donors (Lipinski definition) is 1. The zero-order chi connectivity index (χ0) is 14.5. The molecule has 102 valence electrons. The number of rotatable bonds is 4. The van der Waals surface area contributed by atoms with Crippen molar-refractivity contribution in [3.63, 3.8) is 0 Å². The van der Waals surface area contributed by atoms with E-state index in [9.17, 15) is 5.26 Å². The molecule has 0 fully saturated rings. The van der Waals surface area contributed by atoms with Gasteiger partial charge in [-0.15, -0.1) is 0 Å². The number of nitrogens with zero attached hydrogens (tertiary/aromatic N) is 2. The lowest BCUT2D eigenvalue weighted by Gasteiger charge is -2.16. The van der Waals surface area contributed by atoms with Crippen molar-refractivity contribution in [2.24, 2.45) is 0 Å². The van der Waals surface area contributed by atoms with Gasteiger partial charge in [-0.25, -0.2) is 0 Å². The molecule has 2 rings (SSSR count). The van der Waals surface area contributed by atoms with Gasteiger partial charge in [-0.2, -0.15) is 5.26 Å². The topological polar surface area (TPSA) is 39.1 Å². The van der Waals surface area contributed by atoms with Crippen LogP contribution in [-0.4, -0.2) is 14.1 Å². The molecule has 2 aromatic rings. The van der Waals surface area contributed by atoms with E-state index in [1.54, 1.807) is 0 Å². The molecule has 1 N–H and O–H groups in total. The molecule has 4 heteroatoms. The monoisotopic (exact) mass is 329 g/mol. The Hall–Kier alpha value is -1.99. The molecule has 1 atom stereocenters. The Kier molecular flexibility index (Phi) is 4.65. The predicted octanol–water partition coefficient (Wildman–Crippen LogP) is 4.19. The molecule has 20 heavy (non-hydrogen) atoms. The van der Waals surface area contributed by atoms with E-state index in [0.717, 1.165) is 21.4 Å². The van der Waals surface area contributed by atoms with Gasteiger partial charge in [-0.1, -0.05) is 28.1 Å². The van der Waals surface area contributed by atoms with Crippen LogP contribution in [0, 0.1) is 11.3 Å².